The summed E-state index contributed by atoms with van der Waals surface area (Å²) in [7, 11) is 0. The number of amides is 1. The zero-order chi connectivity index (χ0) is 13.8. The van der Waals surface area contributed by atoms with Crippen LogP contribution in [-0.2, 0) is 0 Å². The maximum atomic E-state index is 12.1. The number of aryl methyl sites for hydroxylation is 1. The summed E-state index contributed by atoms with van der Waals surface area (Å²) in [6.45, 7) is 5.78. The molecule has 1 amide bonds. The van der Waals surface area contributed by atoms with Crippen molar-refractivity contribution in [2.24, 2.45) is 0 Å². The topological polar surface area (TPSA) is 59.8 Å². The third kappa shape index (κ3) is 2.99. The number of aromatic nitrogens is 3. The molecule has 0 aliphatic heterocycles. The molecule has 100 valence electrons. The molecule has 0 radical (unpaired) electrons. The summed E-state index contributed by atoms with van der Waals surface area (Å²) < 4.78 is 0. The first kappa shape index (κ1) is 13.3. The number of para-hydroxylation sites is 1. The Kier molecular flexibility index (Phi) is 3.94. The van der Waals surface area contributed by atoms with Crippen LogP contribution < -0.4 is 5.32 Å². The molecule has 5 heteroatoms. The third-order valence-electron chi connectivity index (χ3n) is 2.97. The maximum absolute atomic E-state index is 12.1. The van der Waals surface area contributed by atoms with Gasteiger partial charge in [-0.25, -0.2) is 0 Å². The number of hydrogen-bond acceptors (Lipinski definition) is 3. The normalized spacial score (nSPS) is 12.2. The van der Waals surface area contributed by atoms with E-state index in [0.717, 1.165) is 12.1 Å². The Morgan fingerprint density at radius 2 is 2.00 bits per heavy atom. The molecule has 0 fully saturated rings. The van der Waals surface area contributed by atoms with Gasteiger partial charge in [0.25, 0.3) is 5.91 Å². The van der Waals surface area contributed by atoms with Crippen molar-refractivity contribution >= 4 is 5.91 Å². The second kappa shape index (κ2) is 5.65. The molecule has 1 heterocycles. The number of rotatable bonds is 4. The lowest BCUT2D eigenvalue weighted by Crippen LogP contribution is -2.32. The molecule has 1 unspecified atom stereocenters. The molecule has 1 atom stereocenters. The van der Waals surface area contributed by atoms with E-state index in [0.29, 0.717) is 11.4 Å². The second-order valence-electron chi connectivity index (χ2n) is 4.54. The van der Waals surface area contributed by atoms with Gasteiger partial charge in [-0.15, -0.1) is 5.10 Å². The zero-order valence-corrected chi connectivity index (χ0v) is 11.4. The van der Waals surface area contributed by atoms with Crippen LogP contribution in [0.4, 0.5) is 0 Å². The van der Waals surface area contributed by atoms with Crippen LogP contribution in [0.5, 0.6) is 0 Å². The van der Waals surface area contributed by atoms with E-state index in [1.54, 1.807) is 6.92 Å². The summed E-state index contributed by atoms with van der Waals surface area (Å²) >= 11 is 0. The monoisotopic (exact) mass is 258 g/mol. The Labute approximate surface area is 112 Å². The Morgan fingerprint density at radius 1 is 1.32 bits per heavy atom. The molecule has 0 saturated heterocycles. The van der Waals surface area contributed by atoms with Gasteiger partial charge in [0, 0.05) is 6.04 Å². The summed E-state index contributed by atoms with van der Waals surface area (Å²) in [5, 5.41) is 11.4. The van der Waals surface area contributed by atoms with Crippen molar-refractivity contribution < 1.29 is 4.79 Å². The average molecular weight is 258 g/mol. The van der Waals surface area contributed by atoms with Crippen LogP contribution in [0.2, 0.25) is 0 Å². The minimum absolute atomic E-state index is 0.133. The van der Waals surface area contributed by atoms with Crippen molar-refractivity contribution in [2.45, 2.75) is 33.2 Å². The number of hydrogen-bond donors (Lipinski definition) is 1. The van der Waals surface area contributed by atoms with E-state index in [9.17, 15) is 4.79 Å². The van der Waals surface area contributed by atoms with E-state index in [2.05, 4.69) is 15.5 Å². The van der Waals surface area contributed by atoms with E-state index in [-0.39, 0.29) is 11.9 Å². The van der Waals surface area contributed by atoms with E-state index in [4.69, 9.17) is 0 Å². The number of nitrogens with zero attached hydrogens (tertiary/aromatic N) is 3. The highest BCUT2D eigenvalue weighted by atomic mass is 16.2. The van der Waals surface area contributed by atoms with Crippen LogP contribution in [-0.4, -0.2) is 26.9 Å². The van der Waals surface area contributed by atoms with Gasteiger partial charge in [0.2, 0.25) is 0 Å². The lowest BCUT2D eigenvalue weighted by Gasteiger charge is -2.09. The lowest BCUT2D eigenvalue weighted by molar-refractivity contribution is 0.0933. The van der Waals surface area contributed by atoms with Gasteiger partial charge in [-0.2, -0.15) is 9.90 Å². The number of carbonyl (C=O) groups excluding carboxylic acids is 1. The van der Waals surface area contributed by atoms with Crippen molar-refractivity contribution in [3.05, 3.63) is 41.7 Å². The fourth-order valence-corrected chi connectivity index (χ4v) is 1.66. The first-order valence-corrected chi connectivity index (χ1v) is 6.42. The molecule has 2 aromatic rings. The van der Waals surface area contributed by atoms with E-state index < -0.39 is 0 Å². The highest BCUT2D eigenvalue weighted by molar-refractivity contribution is 5.93. The molecule has 19 heavy (non-hydrogen) atoms. The SMILES string of the molecule is CCC(C)NC(=O)c1nn(-c2ccccc2)nc1C. The van der Waals surface area contributed by atoms with Crippen LogP contribution in [0, 0.1) is 6.92 Å². The van der Waals surface area contributed by atoms with Crippen LogP contribution in [0.1, 0.15) is 36.5 Å². The van der Waals surface area contributed by atoms with Crippen molar-refractivity contribution in [2.75, 3.05) is 0 Å². The summed E-state index contributed by atoms with van der Waals surface area (Å²) in [6.07, 6.45) is 0.887. The fourth-order valence-electron chi connectivity index (χ4n) is 1.66. The van der Waals surface area contributed by atoms with Crippen LogP contribution in [0.25, 0.3) is 5.69 Å². The van der Waals surface area contributed by atoms with Gasteiger partial charge in [0.1, 0.15) is 0 Å². The van der Waals surface area contributed by atoms with Gasteiger partial charge in [-0.05, 0) is 32.4 Å². The number of nitrogens with one attached hydrogen (secondary N) is 1. The zero-order valence-electron chi connectivity index (χ0n) is 11.4. The molecule has 2 rings (SSSR count). The molecular formula is C14H18N4O. The average Bonchev–Trinajstić information content (AvgIpc) is 2.81. The van der Waals surface area contributed by atoms with E-state index >= 15 is 0 Å². The van der Waals surface area contributed by atoms with Gasteiger partial charge in [0.15, 0.2) is 5.69 Å². The first-order chi connectivity index (χ1) is 9.11. The van der Waals surface area contributed by atoms with E-state index in [1.807, 2.05) is 44.2 Å². The molecular weight excluding hydrogens is 240 g/mol. The Hall–Kier alpha value is -2.17. The number of benzene rings is 1. The van der Waals surface area contributed by atoms with Crippen molar-refractivity contribution in [3.8, 4) is 5.69 Å². The summed E-state index contributed by atoms with van der Waals surface area (Å²) in [6, 6.07) is 9.68. The van der Waals surface area contributed by atoms with Gasteiger partial charge in [0.05, 0.1) is 11.4 Å². The molecule has 1 aromatic carbocycles. The number of carbonyl (C=O) groups is 1. The highest BCUT2D eigenvalue weighted by Gasteiger charge is 2.17. The van der Waals surface area contributed by atoms with Gasteiger partial charge < -0.3 is 5.32 Å². The van der Waals surface area contributed by atoms with Crippen LogP contribution >= 0.6 is 0 Å². The van der Waals surface area contributed by atoms with Crippen molar-refractivity contribution in [1.29, 1.82) is 0 Å². The summed E-state index contributed by atoms with van der Waals surface area (Å²) in [5.74, 6) is -0.172. The Bertz CT molecular complexity index is 562. The Morgan fingerprint density at radius 3 is 2.63 bits per heavy atom. The molecule has 1 aromatic heterocycles. The molecule has 1 N–H and O–H groups in total. The quantitative estimate of drug-likeness (QED) is 0.913. The minimum Gasteiger partial charge on any atom is -0.348 e. The fraction of sp³-hybridized carbons (Fsp3) is 0.357. The van der Waals surface area contributed by atoms with Crippen LogP contribution in [0.15, 0.2) is 30.3 Å². The van der Waals surface area contributed by atoms with Crippen LogP contribution in [0.3, 0.4) is 0 Å². The summed E-state index contributed by atoms with van der Waals surface area (Å²) in [4.78, 5) is 13.5. The molecule has 0 spiro atoms. The van der Waals surface area contributed by atoms with Gasteiger partial charge in [-0.1, -0.05) is 25.1 Å². The summed E-state index contributed by atoms with van der Waals surface area (Å²) in [5.41, 5.74) is 1.85. The molecule has 0 bridgehead atoms. The minimum atomic E-state index is -0.172. The van der Waals surface area contributed by atoms with Gasteiger partial charge in [-0.3, -0.25) is 4.79 Å². The van der Waals surface area contributed by atoms with E-state index in [1.165, 1.54) is 4.80 Å². The predicted octanol–water partition coefficient (Wildman–Crippen LogP) is 2.10. The first-order valence-electron chi connectivity index (χ1n) is 6.42. The highest BCUT2D eigenvalue weighted by Crippen LogP contribution is 2.08. The third-order valence-corrected chi connectivity index (χ3v) is 2.97. The largest absolute Gasteiger partial charge is 0.348 e. The second-order valence-corrected chi connectivity index (χ2v) is 4.54. The molecule has 0 aliphatic rings. The van der Waals surface area contributed by atoms with Crippen molar-refractivity contribution in [1.82, 2.24) is 20.3 Å². The molecule has 0 aliphatic carbocycles. The van der Waals surface area contributed by atoms with Gasteiger partial charge >= 0.3 is 0 Å². The molecule has 0 saturated carbocycles. The lowest BCUT2D eigenvalue weighted by atomic mass is 10.2. The maximum Gasteiger partial charge on any atom is 0.273 e. The standard InChI is InChI=1S/C14H18N4O/c1-4-10(2)15-14(19)13-11(3)16-18(17-13)12-8-6-5-7-9-12/h5-10H,4H2,1-3H3,(H,15,19). The Balaban J connectivity index is 2.24. The predicted molar refractivity (Wildman–Crippen MR) is 73.3 cm³/mol. The smallest absolute Gasteiger partial charge is 0.273 e. The van der Waals surface area contributed by atoms with Crippen molar-refractivity contribution in [3.63, 3.8) is 0 Å². The molecule has 5 nitrogen and oxygen atoms in total.